The first-order valence-electron chi connectivity index (χ1n) is 10.5. The van der Waals surface area contributed by atoms with E-state index in [4.69, 9.17) is 9.47 Å². The van der Waals surface area contributed by atoms with Gasteiger partial charge in [0.05, 0.1) is 38.3 Å². The fourth-order valence-electron chi connectivity index (χ4n) is 4.10. The maximum atomic E-state index is 12.7. The number of aromatic nitrogens is 2. The lowest BCUT2D eigenvalue weighted by atomic mass is 10.0. The van der Waals surface area contributed by atoms with E-state index in [2.05, 4.69) is 10.4 Å². The van der Waals surface area contributed by atoms with Crippen LogP contribution in [0.5, 0.6) is 5.75 Å². The first kappa shape index (κ1) is 20.4. The number of amides is 2. The van der Waals surface area contributed by atoms with Crippen LogP contribution in [-0.4, -0.2) is 59.9 Å². The van der Waals surface area contributed by atoms with E-state index < -0.39 is 0 Å². The number of nitrogens with one attached hydrogen (secondary N) is 1. The molecule has 160 valence electrons. The maximum absolute atomic E-state index is 12.7. The summed E-state index contributed by atoms with van der Waals surface area (Å²) in [4.78, 5) is 27.0. The molecule has 0 bridgehead atoms. The number of benzene rings is 1. The van der Waals surface area contributed by atoms with Gasteiger partial charge in [-0.25, -0.2) is 4.68 Å². The van der Waals surface area contributed by atoms with E-state index in [1.165, 1.54) is 0 Å². The van der Waals surface area contributed by atoms with Crippen LogP contribution in [-0.2, 0) is 20.7 Å². The summed E-state index contributed by atoms with van der Waals surface area (Å²) in [5, 5.41) is 7.43. The summed E-state index contributed by atoms with van der Waals surface area (Å²) >= 11 is 0. The molecule has 1 N–H and O–H groups in total. The summed E-state index contributed by atoms with van der Waals surface area (Å²) in [6, 6.07) is 9.61. The number of rotatable bonds is 6. The van der Waals surface area contributed by atoms with Crippen LogP contribution in [0.15, 0.2) is 36.5 Å². The topological polar surface area (TPSA) is 85.7 Å². The van der Waals surface area contributed by atoms with Crippen LogP contribution < -0.4 is 10.1 Å². The molecule has 0 saturated carbocycles. The predicted molar refractivity (Wildman–Crippen MR) is 111 cm³/mol. The van der Waals surface area contributed by atoms with Crippen molar-refractivity contribution < 1.29 is 19.1 Å². The van der Waals surface area contributed by atoms with Crippen molar-refractivity contribution >= 4 is 17.6 Å². The van der Waals surface area contributed by atoms with Crippen LogP contribution in [0.1, 0.15) is 30.9 Å². The van der Waals surface area contributed by atoms with Crippen molar-refractivity contribution in [1.29, 1.82) is 0 Å². The molecular weight excluding hydrogens is 384 g/mol. The molecule has 2 fully saturated rings. The van der Waals surface area contributed by atoms with Gasteiger partial charge >= 0.3 is 0 Å². The smallest absolute Gasteiger partial charge is 0.231 e. The molecule has 0 aliphatic carbocycles. The highest BCUT2D eigenvalue weighted by Crippen LogP contribution is 2.26. The van der Waals surface area contributed by atoms with E-state index in [-0.39, 0.29) is 23.8 Å². The lowest BCUT2D eigenvalue weighted by Gasteiger charge is -2.33. The van der Waals surface area contributed by atoms with Crippen molar-refractivity contribution in [2.45, 2.75) is 31.7 Å². The van der Waals surface area contributed by atoms with Gasteiger partial charge in [-0.2, -0.15) is 5.10 Å². The molecule has 2 saturated heterocycles. The van der Waals surface area contributed by atoms with Crippen LogP contribution in [0.2, 0.25) is 0 Å². The zero-order chi connectivity index (χ0) is 20.9. The van der Waals surface area contributed by atoms with Crippen LogP contribution >= 0.6 is 0 Å². The molecule has 30 heavy (non-hydrogen) atoms. The molecular formula is C22H28N4O4. The minimum absolute atomic E-state index is 0.0137. The minimum atomic E-state index is -0.0931. The maximum Gasteiger partial charge on any atom is 0.231 e. The number of likely N-dealkylation sites (tertiary alicyclic amines) is 1. The Morgan fingerprint density at radius 2 is 2.07 bits per heavy atom. The van der Waals surface area contributed by atoms with E-state index in [1.54, 1.807) is 13.3 Å². The summed E-state index contributed by atoms with van der Waals surface area (Å²) in [6.45, 7) is 2.47. The van der Waals surface area contributed by atoms with Crippen LogP contribution in [0.3, 0.4) is 0 Å². The largest absolute Gasteiger partial charge is 0.497 e. The van der Waals surface area contributed by atoms with Crippen molar-refractivity contribution in [2.75, 3.05) is 38.7 Å². The third-order valence-corrected chi connectivity index (χ3v) is 5.87. The molecule has 1 aromatic heterocycles. The Labute approximate surface area is 176 Å². The van der Waals surface area contributed by atoms with Crippen LogP contribution in [0.25, 0.3) is 0 Å². The van der Waals surface area contributed by atoms with Crippen molar-refractivity contribution in [3.8, 4) is 5.75 Å². The van der Waals surface area contributed by atoms with Gasteiger partial charge in [-0.3, -0.25) is 9.59 Å². The first-order chi connectivity index (χ1) is 14.6. The lowest BCUT2D eigenvalue weighted by molar-refractivity contribution is -0.131. The highest BCUT2D eigenvalue weighted by atomic mass is 16.5. The number of hydrogen-bond acceptors (Lipinski definition) is 5. The van der Waals surface area contributed by atoms with Gasteiger partial charge in [-0.1, -0.05) is 12.1 Å². The number of ether oxygens (including phenoxy) is 2. The van der Waals surface area contributed by atoms with Gasteiger partial charge in [-0.15, -0.1) is 0 Å². The molecule has 2 amide bonds. The van der Waals surface area contributed by atoms with Crippen LogP contribution in [0.4, 0.5) is 5.82 Å². The summed E-state index contributed by atoms with van der Waals surface area (Å²) < 4.78 is 12.4. The zero-order valence-corrected chi connectivity index (χ0v) is 17.3. The number of piperidine rings is 1. The van der Waals surface area contributed by atoms with Gasteiger partial charge in [0.25, 0.3) is 0 Å². The Balaban J connectivity index is 1.32. The highest BCUT2D eigenvalue weighted by molar-refractivity contribution is 5.92. The van der Waals surface area contributed by atoms with E-state index in [9.17, 15) is 9.59 Å². The molecule has 8 heteroatoms. The van der Waals surface area contributed by atoms with Gasteiger partial charge in [0.1, 0.15) is 11.6 Å². The lowest BCUT2D eigenvalue weighted by Crippen LogP contribution is -2.40. The van der Waals surface area contributed by atoms with Gasteiger partial charge < -0.3 is 19.7 Å². The second-order valence-corrected chi connectivity index (χ2v) is 7.85. The Morgan fingerprint density at radius 1 is 1.23 bits per heavy atom. The second kappa shape index (κ2) is 9.30. The SMILES string of the molecule is COc1cccc(CC(=O)N2CCC(n3nccc3NC(=O)C3CCOC3)CC2)c1. The van der Waals surface area contributed by atoms with Crippen LogP contribution in [0, 0.1) is 5.92 Å². The highest BCUT2D eigenvalue weighted by Gasteiger charge is 2.28. The molecule has 0 spiro atoms. The zero-order valence-electron chi connectivity index (χ0n) is 17.3. The fourth-order valence-corrected chi connectivity index (χ4v) is 4.10. The minimum Gasteiger partial charge on any atom is -0.497 e. The van der Waals surface area contributed by atoms with Gasteiger partial charge in [0.2, 0.25) is 11.8 Å². The number of carbonyl (C=O) groups excluding carboxylic acids is 2. The molecule has 4 rings (SSSR count). The molecule has 2 aromatic rings. The fraction of sp³-hybridized carbons (Fsp3) is 0.500. The van der Waals surface area contributed by atoms with Crippen molar-refractivity contribution in [3.63, 3.8) is 0 Å². The van der Waals surface area contributed by atoms with E-state index in [1.807, 2.05) is 39.9 Å². The average Bonchev–Trinajstić information content (AvgIpc) is 3.46. The quantitative estimate of drug-likeness (QED) is 0.787. The Hall–Kier alpha value is -2.87. The average molecular weight is 412 g/mol. The van der Waals surface area contributed by atoms with Gasteiger partial charge in [0, 0.05) is 25.8 Å². The monoisotopic (exact) mass is 412 g/mol. The summed E-state index contributed by atoms with van der Waals surface area (Å²) in [6.07, 6.45) is 4.45. The van der Waals surface area contributed by atoms with E-state index in [0.29, 0.717) is 38.5 Å². The van der Waals surface area contributed by atoms with E-state index in [0.717, 1.165) is 30.6 Å². The first-order valence-corrected chi connectivity index (χ1v) is 10.5. The third kappa shape index (κ3) is 4.64. The van der Waals surface area contributed by atoms with Crippen molar-refractivity contribution in [3.05, 3.63) is 42.1 Å². The molecule has 2 aliphatic rings. The number of carbonyl (C=O) groups is 2. The Kier molecular flexibility index (Phi) is 6.32. The summed E-state index contributed by atoms with van der Waals surface area (Å²) in [7, 11) is 1.62. The predicted octanol–water partition coefficient (Wildman–Crippen LogP) is 2.27. The van der Waals surface area contributed by atoms with Gasteiger partial charge in [0.15, 0.2) is 0 Å². The molecule has 2 aliphatic heterocycles. The standard InChI is InChI=1S/C22H28N4O4/c1-29-19-4-2-3-16(13-19)14-21(27)25-10-6-18(7-11-25)26-20(5-9-23-26)24-22(28)17-8-12-30-15-17/h2-5,9,13,17-18H,6-8,10-12,14-15H2,1H3,(H,24,28). The molecule has 1 aromatic carbocycles. The van der Waals surface area contributed by atoms with Gasteiger partial charge in [-0.05, 0) is 37.0 Å². The molecule has 1 unspecified atom stereocenters. The van der Waals surface area contributed by atoms with E-state index >= 15 is 0 Å². The Bertz CT molecular complexity index is 883. The summed E-state index contributed by atoms with van der Waals surface area (Å²) in [5.41, 5.74) is 0.953. The third-order valence-electron chi connectivity index (χ3n) is 5.87. The van der Waals surface area contributed by atoms with Crippen molar-refractivity contribution in [2.24, 2.45) is 5.92 Å². The van der Waals surface area contributed by atoms with Crippen molar-refractivity contribution in [1.82, 2.24) is 14.7 Å². The molecule has 3 heterocycles. The second-order valence-electron chi connectivity index (χ2n) is 7.85. The molecule has 8 nitrogen and oxygen atoms in total. The normalized spacial score (nSPS) is 19.6. The molecule has 1 atom stereocenters. The molecule has 0 radical (unpaired) electrons. The summed E-state index contributed by atoms with van der Waals surface area (Å²) in [5.74, 6) is 1.49. The number of methoxy groups -OCH3 is 1. The number of hydrogen-bond donors (Lipinski definition) is 1. The number of nitrogens with zero attached hydrogens (tertiary/aromatic N) is 3. The number of anilines is 1. The Morgan fingerprint density at radius 3 is 2.80 bits per heavy atom.